The molecule has 2 N–H and O–H groups in total. The zero-order valence-electron chi connectivity index (χ0n) is 8.61. The Morgan fingerprint density at radius 1 is 1.50 bits per heavy atom. The van der Waals surface area contributed by atoms with Gasteiger partial charge in [-0.3, -0.25) is 0 Å². The first kappa shape index (κ1) is 11.0. The van der Waals surface area contributed by atoms with Crippen molar-refractivity contribution in [3.63, 3.8) is 0 Å². The third kappa shape index (κ3) is 1.91. The maximum Gasteiger partial charge on any atom is 0.164 e. The molecule has 0 fully saturated rings. The lowest BCUT2D eigenvalue weighted by atomic mass is 10.2. The predicted molar refractivity (Wildman–Crippen MR) is 59.3 cm³/mol. The fourth-order valence-corrected chi connectivity index (χ4v) is 1.59. The van der Waals surface area contributed by atoms with Crippen molar-refractivity contribution in [2.45, 2.75) is 6.54 Å². The fraction of sp³-hybridized carbons (Fsp3) is 0.200. The molecule has 0 spiro atoms. The molecule has 2 aromatic rings. The molecule has 0 radical (unpaired) electrons. The summed E-state index contributed by atoms with van der Waals surface area (Å²) in [5.41, 5.74) is 6.15. The highest BCUT2D eigenvalue weighted by Gasteiger charge is 2.10. The number of benzene rings is 1. The van der Waals surface area contributed by atoms with Gasteiger partial charge in [-0.1, -0.05) is 11.6 Å². The van der Waals surface area contributed by atoms with Gasteiger partial charge in [0.05, 0.1) is 11.6 Å². The number of nitrogens with two attached hydrogens (primary N) is 1. The van der Waals surface area contributed by atoms with Crippen molar-refractivity contribution >= 4 is 11.6 Å². The van der Waals surface area contributed by atoms with Gasteiger partial charge >= 0.3 is 0 Å². The highest BCUT2D eigenvalue weighted by molar-refractivity contribution is 6.31. The van der Waals surface area contributed by atoms with Crippen LogP contribution in [0.15, 0.2) is 18.2 Å². The van der Waals surface area contributed by atoms with E-state index in [2.05, 4.69) is 10.1 Å². The topological polar surface area (TPSA) is 56.7 Å². The Hall–Kier alpha value is -1.46. The van der Waals surface area contributed by atoms with E-state index in [1.807, 2.05) is 0 Å². The minimum atomic E-state index is -0.452. The number of hydrogen-bond acceptors (Lipinski definition) is 3. The second-order valence-corrected chi connectivity index (χ2v) is 3.72. The van der Waals surface area contributed by atoms with E-state index in [0.717, 1.165) is 0 Å². The minimum absolute atomic E-state index is 0.0646. The van der Waals surface area contributed by atoms with Crippen LogP contribution < -0.4 is 5.73 Å². The highest BCUT2D eigenvalue weighted by Crippen LogP contribution is 2.23. The van der Waals surface area contributed by atoms with Crippen LogP contribution in [0.25, 0.3) is 11.4 Å². The van der Waals surface area contributed by atoms with E-state index in [1.165, 1.54) is 12.1 Å². The van der Waals surface area contributed by atoms with E-state index >= 15 is 0 Å². The first-order valence-electron chi connectivity index (χ1n) is 4.67. The molecule has 0 aliphatic rings. The van der Waals surface area contributed by atoms with Crippen molar-refractivity contribution in [2.75, 3.05) is 0 Å². The second kappa shape index (κ2) is 4.19. The molecule has 0 amide bonds. The van der Waals surface area contributed by atoms with E-state index in [-0.39, 0.29) is 11.6 Å². The first-order valence-corrected chi connectivity index (χ1v) is 5.05. The van der Waals surface area contributed by atoms with E-state index in [4.69, 9.17) is 17.3 Å². The van der Waals surface area contributed by atoms with E-state index < -0.39 is 5.82 Å². The molecular weight excluding hydrogens is 231 g/mol. The summed E-state index contributed by atoms with van der Waals surface area (Å²) >= 11 is 5.70. The fourth-order valence-electron chi connectivity index (χ4n) is 1.41. The molecule has 6 heteroatoms. The van der Waals surface area contributed by atoms with Gasteiger partial charge < -0.3 is 5.73 Å². The van der Waals surface area contributed by atoms with Crippen LogP contribution in [0.2, 0.25) is 5.02 Å². The predicted octanol–water partition coefficient (Wildman–Crippen LogP) is 1.73. The maximum atomic E-state index is 13.0. The smallest absolute Gasteiger partial charge is 0.164 e. The third-order valence-corrected chi connectivity index (χ3v) is 2.46. The zero-order chi connectivity index (χ0) is 11.7. The first-order chi connectivity index (χ1) is 7.61. The molecule has 0 unspecified atom stereocenters. The zero-order valence-corrected chi connectivity index (χ0v) is 9.37. The number of rotatable bonds is 2. The SMILES string of the molecule is Cn1nc(CN)nc1-c1ccc(F)c(Cl)c1. The van der Waals surface area contributed by atoms with E-state index in [0.29, 0.717) is 17.2 Å². The van der Waals surface area contributed by atoms with Crippen LogP contribution >= 0.6 is 11.6 Å². The van der Waals surface area contributed by atoms with Crippen molar-refractivity contribution < 1.29 is 4.39 Å². The van der Waals surface area contributed by atoms with Gasteiger partial charge in [0.15, 0.2) is 11.6 Å². The quantitative estimate of drug-likeness (QED) is 0.870. The Balaban J connectivity index is 2.49. The summed E-state index contributed by atoms with van der Waals surface area (Å²) in [6.45, 7) is 0.267. The van der Waals surface area contributed by atoms with Gasteiger partial charge in [0, 0.05) is 12.6 Å². The Morgan fingerprint density at radius 3 is 2.81 bits per heavy atom. The number of hydrogen-bond donors (Lipinski definition) is 1. The number of aromatic nitrogens is 3. The molecule has 0 bridgehead atoms. The highest BCUT2D eigenvalue weighted by atomic mass is 35.5. The normalized spacial score (nSPS) is 10.8. The van der Waals surface area contributed by atoms with Crippen LogP contribution in [0.1, 0.15) is 5.82 Å². The summed E-state index contributed by atoms with van der Waals surface area (Å²) < 4.78 is 14.6. The molecule has 0 saturated carbocycles. The monoisotopic (exact) mass is 240 g/mol. The summed E-state index contributed by atoms with van der Waals surface area (Å²) in [4.78, 5) is 4.22. The maximum absolute atomic E-state index is 13.0. The van der Waals surface area contributed by atoms with Gasteiger partial charge in [-0.15, -0.1) is 0 Å². The second-order valence-electron chi connectivity index (χ2n) is 3.31. The molecule has 16 heavy (non-hydrogen) atoms. The Bertz CT molecular complexity index is 524. The third-order valence-electron chi connectivity index (χ3n) is 2.17. The number of halogens is 2. The summed E-state index contributed by atoms with van der Waals surface area (Å²) in [5, 5.41) is 4.17. The van der Waals surface area contributed by atoms with Gasteiger partial charge in [-0.25, -0.2) is 14.1 Å². The van der Waals surface area contributed by atoms with Crippen LogP contribution in [0.5, 0.6) is 0 Å². The van der Waals surface area contributed by atoms with Crippen LogP contribution in [-0.2, 0) is 13.6 Å². The standard InChI is InChI=1S/C10H10ClFN4/c1-16-10(14-9(5-13)15-16)6-2-3-8(12)7(11)4-6/h2-4H,5,13H2,1H3. The lowest BCUT2D eigenvalue weighted by Gasteiger charge is -2.01. The minimum Gasteiger partial charge on any atom is -0.324 e. The van der Waals surface area contributed by atoms with Gasteiger partial charge in [-0.05, 0) is 18.2 Å². The molecule has 1 aromatic heterocycles. The van der Waals surface area contributed by atoms with Crippen molar-refractivity contribution in [3.05, 3.63) is 34.9 Å². The van der Waals surface area contributed by atoms with Crippen molar-refractivity contribution in [3.8, 4) is 11.4 Å². The number of nitrogens with zero attached hydrogens (tertiary/aromatic N) is 3. The van der Waals surface area contributed by atoms with Crippen molar-refractivity contribution in [1.82, 2.24) is 14.8 Å². The lowest BCUT2D eigenvalue weighted by Crippen LogP contribution is -1.99. The average molecular weight is 241 g/mol. The Labute approximate surface area is 96.9 Å². The molecular formula is C10H10ClFN4. The summed E-state index contributed by atoms with van der Waals surface area (Å²) in [5.74, 6) is 0.701. The van der Waals surface area contributed by atoms with Crippen LogP contribution in [0.3, 0.4) is 0 Å². The molecule has 0 atom stereocenters. The van der Waals surface area contributed by atoms with Crippen LogP contribution in [-0.4, -0.2) is 14.8 Å². The largest absolute Gasteiger partial charge is 0.324 e. The lowest BCUT2D eigenvalue weighted by molar-refractivity contribution is 0.628. The van der Waals surface area contributed by atoms with Gasteiger partial charge in [0.25, 0.3) is 0 Å². The van der Waals surface area contributed by atoms with Crippen molar-refractivity contribution in [2.24, 2.45) is 12.8 Å². The Kier molecular flexibility index (Phi) is 2.89. The summed E-state index contributed by atoms with van der Waals surface area (Å²) in [6.07, 6.45) is 0. The molecule has 0 aliphatic heterocycles. The molecule has 0 saturated heterocycles. The molecule has 1 heterocycles. The Morgan fingerprint density at radius 2 is 2.25 bits per heavy atom. The average Bonchev–Trinajstić information content (AvgIpc) is 2.64. The summed E-state index contributed by atoms with van der Waals surface area (Å²) in [7, 11) is 1.75. The van der Waals surface area contributed by atoms with Gasteiger partial charge in [-0.2, -0.15) is 5.10 Å². The molecule has 1 aromatic carbocycles. The van der Waals surface area contributed by atoms with E-state index in [9.17, 15) is 4.39 Å². The van der Waals surface area contributed by atoms with Crippen molar-refractivity contribution in [1.29, 1.82) is 0 Å². The summed E-state index contributed by atoms with van der Waals surface area (Å²) in [6, 6.07) is 4.42. The molecule has 4 nitrogen and oxygen atoms in total. The number of aryl methyl sites for hydroxylation is 1. The molecule has 2 rings (SSSR count). The van der Waals surface area contributed by atoms with Gasteiger partial charge in [0.2, 0.25) is 0 Å². The van der Waals surface area contributed by atoms with Crippen LogP contribution in [0.4, 0.5) is 4.39 Å². The molecule has 0 aliphatic carbocycles. The molecule has 84 valence electrons. The van der Waals surface area contributed by atoms with Gasteiger partial charge in [0.1, 0.15) is 5.82 Å². The van der Waals surface area contributed by atoms with E-state index in [1.54, 1.807) is 17.8 Å². The van der Waals surface area contributed by atoms with Crippen LogP contribution in [0, 0.1) is 5.82 Å².